The van der Waals surface area contributed by atoms with E-state index in [1.165, 1.54) is 5.56 Å². The summed E-state index contributed by atoms with van der Waals surface area (Å²) in [5.74, 6) is -0.222. The van der Waals surface area contributed by atoms with Gasteiger partial charge in [0.15, 0.2) is 0 Å². The van der Waals surface area contributed by atoms with Crippen molar-refractivity contribution >= 4 is 5.91 Å². The van der Waals surface area contributed by atoms with Crippen molar-refractivity contribution < 1.29 is 4.79 Å². The first-order chi connectivity index (χ1) is 7.93. The minimum atomic E-state index is -0.222. The van der Waals surface area contributed by atoms with Crippen LogP contribution in [-0.2, 0) is 16.8 Å². The van der Waals surface area contributed by atoms with Crippen LogP contribution in [0, 0.1) is 6.57 Å². The predicted octanol–water partition coefficient (Wildman–Crippen LogP) is 2.52. The van der Waals surface area contributed by atoms with Crippen LogP contribution < -0.4 is 5.32 Å². The maximum absolute atomic E-state index is 11.1. The molecule has 0 bridgehead atoms. The van der Waals surface area contributed by atoms with Crippen LogP contribution in [0.2, 0.25) is 0 Å². The van der Waals surface area contributed by atoms with Gasteiger partial charge in [0.25, 0.3) is 12.5 Å². The zero-order valence-electron chi connectivity index (χ0n) is 10.6. The molecule has 0 aliphatic rings. The summed E-state index contributed by atoms with van der Waals surface area (Å²) in [6, 6.07) is 8.18. The van der Waals surface area contributed by atoms with Crippen molar-refractivity contribution in [2.75, 3.05) is 6.54 Å². The van der Waals surface area contributed by atoms with Gasteiger partial charge in [-0.15, -0.1) is 0 Å². The largest absolute Gasteiger partial charge is 0.346 e. The molecule has 3 heteroatoms. The minimum absolute atomic E-state index is 0.0971. The Morgan fingerprint density at radius 3 is 2.35 bits per heavy atom. The van der Waals surface area contributed by atoms with Crippen molar-refractivity contribution in [3.63, 3.8) is 0 Å². The maximum atomic E-state index is 11.1. The normalized spacial score (nSPS) is 10.7. The van der Waals surface area contributed by atoms with Crippen molar-refractivity contribution in [2.24, 2.45) is 0 Å². The van der Waals surface area contributed by atoms with E-state index in [2.05, 4.69) is 43.1 Å². The molecule has 17 heavy (non-hydrogen) atoms. The first kappa shape index (κ1) is 13.2. The van der Waals surface area contributed by atoms with E-state index in [9.17, 15) is 4.79 Å². The molecule has 0 atom stereocenters. The van der Waals surface area contributed by atoms with Crippen molar-refractivity contribution in [1.29, 1.82) is 0 Å². The lowest BCUT2D eigenvalue weighted by Crippen LogP contribution is -2.24. The molecule has 0 heterocycles. The average Bonchev–Trinajstić information content (AvgIpc) is 2.26. The second kappa shape index (κ2) is 5.49. The van der Waals surface area contributed by atoms with Gasteiger partial charge in [0.2, 0.25) is 0 Å². The first-order valence-corrected chi connectivity index (χ1v) is 5.63. The molecular formula is C14H18N2O. The van der Waals surface area contributed by atoms with Gasteiger partial charge in [-0.25, -0.2) is 6.57 Å². The fourth-order valence-electron chi connectivity index (χ4n) is 1.45. The number of hydrogen-bond donors (Lipinski definition) is 1. The Kier molecular flexibility index (Phi) is 4.28. The Balaban J connectivity index is 2.58. The Hall–Kier alpha value is -1.82. The summed E-state index contributed by atoms with van der Waals surface area (Å²) in [5, 5.41) is 2.71. The number of benzene rings is 1. The third-order valence-corrected chi connectivity index (χ3v) is 2.53. The highest BCUT2D eigenvalue weighted by atomic mass is 16.1. The fraction of sp³-hybridized carbons (Fsp3) is 0.429. The number of nitrogens with one attached hydrogen (secondary N) is 1. The second-order valence-electron chi connectivity index (χ2n) is 5.04. The highest BCUT2D eigenvalue weighted by Gasteiger charge is 2.12. The lowest BCUT2D eigenvalue weighted by molar-refractivity contribution is -0.119. The van der Waals surface area contributed by atoms with E-state index in [-0.39, 0.29) is 17.9 Å². The molecule has 0 spiro atoms. The monoisotopic (exact) mass is 230 g/mol. The summed E-state index contributed by atoms with van der Waals surface area (Å²) in [4.78, 5) is 14.1. The highest BCUT2D eigenvalue weighted by molar-refractivity contribution is 5.79. The molecule has 0 aromatic heterocycles. The van der Waals surface area contributed by atoms with Crippen LogP contribution in [0.5, 0.6) is 0 Å². The van der Waals surface area contributed by atoms with Gasteiger partial charge in [0, 0.05) is 6.54 Å². The molecule has 1 amide bonds. The molecule has 0 unspecified atom stereocenters. The van der Waals surface area contributed by atoms with Gasteiger partial charge in [0.05, 0.1) is 0 Å². The Bertz CT molecular complexity index is 421. The number of rotatable bonds is 3. The summed E-state index contributed by atoms with van der Waals surface area (Å²) >= 11 is 0. The average molecular weight is 230 g/mol. The topological polar surface area (TPSA) is 33.5 Å². The standard InChI is InChI=1S/C14H18N2O/c1-14(2,3)12-7-5-11(6-8-12)9-16-13(17)10-15-4/h5-8H,9-10H2,1-3H3,(H,16,17). The van der Waals surface area contributed by atoms with Gasteiger partial charge >= 0.3 is 0 Å². The van der Waals surface area contributed by atoms with Crippen molar-refractivity contribution in [3.8, 4) is 0 Å². The summed E-state index contributed by atoms with van der Waals surface area (Å²) < 4.78 is 0. The molecule has 1 aromatic rings. The summed E-state index contributed by atoms with van der Waals surface area (Å²) in [6.45, 7) is 13.5. The van der Waals surface area contributed by atoms with E-state index < -0.39 is 0 Å². The van der Waals surface area contributed by atoms with Crippen LogP contribution in [0.4, 0.5) is 0 Å². The van der Waals surface area contributed by atoms with Gasteiger partial charge in [-0.3, -0.25) is 4.79 Å². The van der Waals surface area contributed by atoms with Crippen LogP contribution in [0.15, 0.2) is 24.3 Å². The number of amides is 1. The van der Waals surface area contributed by atoms with E-state index in [4.69, 9.17) is 6.57 Å². The quantitative estimate of drug-likeness (QED) is 0.795. The summed E-state index contributed by atoms with van der Waals surface area (Å²) in [6.07, 6.45) is 0. The Morgan fingerprint density at radius 2 is 1.88 bits per heavy atom. The van der Waals surface area contributed by atoms with Gasteiger partial charge in [-0.2, -0.15) is 0 Å². The van der Waals surface area contributed by atoms with Gasteiger partial charge < -0.3 is 10.2 Å². The van der Waals surface area contributed by atoms with Gasteiger partial charge in [0.1, 0.15) is 0 Å². The number of carbonyl (C=O) groups is 1. The van der Waals surface area contributed by atoms with Crippen molar-refractivity contribution in [3.05, 3.63) is 46.8 Å². The van der Waals surface area contributed by atoms with Gasteiger partial charge in [-0.05, 0) is 16.5 Å². The van der Waals surface area contributed by atoms with Crippen molar-refractivity contribution in [2.45, 2.75) is 32.7 Å². The molecule has 3 nitrogen and oxygen atoms in total. The highest BCUT2D eigenvalue weighted by Crippen LogP contribution is 2.21. The maximum Gasteiger partial charge on any atom is 0.300 e. The number of carbonyl (C=O) groups excluding carboxylic acids is 1. The zero-order chi connectivity index (χ0) is 12.9. The van der Waals surface area contributed by atoms with Crippen LogP contribution in [0.25, 0.3) is 4.85 Å². The fourth-order valence-corrected chi connectivity index (χ4v) is 1.45. The second-order valence-corrected chi connectivity index (χ2v) is 5.04. The van der Waals surface area contributed by atoms with Gasteiger partial charge in [-0.1, -0.05) is 45.0 Å². The van der Waals surface area contributed by atoms with Crippen LogP contribution in [-0.4, -0.2) is 12.5 Å². The van der Waals surface area contributed by atoms with E-state index in [1.54, 1.807) is 0 Å². The number of nitrogens with zero attached hydrogens (tertiary/aromatic N) is 1. The van der Waals surface area contributed by atoms with E-state index in [1.807, 2.05) is 12.1 Å². The smallest absolute Gasteiger partial charge is 0.300 e. The first-order valence-electron chi connectivity index (χ1n) is 5.63. The van der Waals surface area contributed by atoms with Crippen LogP contribution >= 0.6 is 0 Å². The van der Waals surface area contributed by atoms with E-state index in [0.29, 0.717) is 6.54 Å². The molecule has 1 N–H and O–H groups in total. The lowest BCUT2D eigenvalue weighted by Gasteiger charge is -2.19. The molecule has 0 fully saturated rings. The molecule has 90 valence electrons. The molecule has 1 rings (SSSR count). The molecule has 0 saturated heterocycles. The summed E-state index contributed by atoms with van der Waals surface area (Å²) in [7, 11) is 0. The summed E-state index contributed by atoms with van der Waals surface area (Å²) in [5.41, 5.74) is 2.47. The number of hydrogen-bond acceptors (Lipinski definition) is 1. The lowest BCUT2D eigenvalue weighted by atomic mass is 9.87. The molecule has 0 aliphatic heterocycles. The Labute approximate surface area is 103 Å². The molecule has 0 aliphatic carbocycles. The Morgan fingerprint density at radius 1 is 1.29 bits per heavy atom. The molecule has 0 saturated carbocycles. The SMILES string of the molecule is [C-]#[N+]CC(=O)NCc1ccc(C(C)(C)C)cc1. The van der Waals surface area contributed by atoms with Crippen LogP contribution in [0.1, 0.15) is 31.9 Å². The zero-order valence-corrected chi connectivity index (χ0v) is 10.6. The molecule has 0 radical (unpaired) electrons. The molecular weight excluding hydrogens is 212 g/mol. The minimum Gasteiger partial charge on any atom is -0.346 e. The van der Waals surface area contributed by atoms with E-state index in [0.717, 1.165) is 5.56 Å². The van der Waals surface area contributed by atoms with E-state index >= 15 is 0 Å². The molecule has 1 aromatic carbocycles. The third kappa shape index (κ3) is 4.28. The predicted molar refractivity (Wildman–Crippen MR) is 68.5 cm³/mol. The third-order valence-electron chi connectivity index (χ3n) is 2.53. The van der Waals surface area contributed by atoms with Crippen LogP contribution in [0.3, 0.4) is 0 Å². The van der Waals surface area contributed by atoms with Crippen molar-refractivity contribution in [1.82, 2.24) is 5.32 Å².